The van der Waals surface area contributed by atoms with Crippen molar-refractivity contribution in [2.24, 2.45) is 0 Å². The monoisotopic (exact) mass is 363 g/mol. The largest absolute Gasteiger partial charge is 0.466 e. The standard InChI is InChI=1S/C18H36O2.C5H5N/c1-3-4-5-6-7-8-9-10-11-12-13-14-15-16-17-20-18(2)19;1-2-4-6-5-3-1/h3-17H2,1-2H3;1-5H. The molecule has 0 unspecified atom stereocenters. The van der Waals surface area contributed by atoms with Gasteiger partial charge in [0.2, 0.25) is 0 Å². The van der Waals surface area contributed by atoms with E-state index in [2.05, 4.69) is 11.9 Å². The predicted molar refractivity (Wildman–Crippen MR) is 111 cm³/mol. The lowest BCUT2D eigenvalue weighted by molar-refractivity contribution is -0.141. The summed E-state index contributed by atoms with van der Waals surface area (Å²) >= 11 is 0. The zero-order valence-electron chi connectivity index (χ0n) is 17.3. The van der Waals surface area contributed by atoms with E-state index in [1.165, 1.54) is 90.4 Å². The van der Waals surface area contributed by atoms with Crippen LogP contribution in [0.1, 0.15) is 104 Å². The van der Waals surface area contributed by atoms with Crippen LogP contribution in [0.5, 0.6) is 0 Å². The van der Waals surface area contributed by atoms with Crippen molar-refractivity contribution in [1.82, 2.24) is 4.98 Å². The molecule has 0 N–H and O–H groups in total. The minimum atomic E-state index is -0.153. The minimum Gasteiger partial charge on any atom is -0.466 e. The highest BCUT2D eigenvalue weighted by molar-refractivity contribution is 5.65. The van der Waals surface area contributed by atoms with Gasteiger partial charge in [0.05, 0.1) is 6.61 Å². The number of pyridine rings is 1. The van der Waals surface area contributed by atoms with Crippen LogP contribution in [0.4, 0.5) is 0 Å². The maximum atomic E-state index is 10.6. The first-order valence-corrected chi connectivity index (χ1v) is 10.8. The van der Waals surface area contributed by atoms with Crippen LogP contribution in [0, 0.1) is 0 Å². The molecule has 0 radical (unpaired) electrons. The Labute approximate surface area is 162 Å². The molecule has 0 saturated heterocycles. The number of hydrogen-bond donors (Lipinski definition) is 0. The highest BCUT2D eigenvalue weighted by Gasteiger charge is 1.95. The second-order valence-electron chi connectivity index (χ2n) is 6.96. The summed E-state index contributed by atoms with van der Waals surface area (Å²) in [5.41, 5.74) is 0. The van der Waals surface area contributed by atoms with Gasteiger partial charge in [0.25, 0.3) is 0 Å². The quantitative estimate of drug-likeness (QED) is 0.246. The maximum Gasteiger partial charge on any atom is 0.302 e. The summed E-state index contributed by atoms with van der Waals surface area (Å²) in [5.74, 6) is -0.153. The highest BCUT2D eigenvalue weighted by Crippen LogP contribution is 2.12. The number of hydrogen-bond acceptors (Lipinski definition) is 3. The lowest BCUT2D eigenvalue weighted by atomic mass is 10.0. The van der Waals surface area contributed by atoms with Crippen molar-refractivity contribution >= 4 is 5.97 Å². The van der Waals surface area contributed by atoms with E-state index in [-0.39, 0.29) is 5.97 Å². The predicted octanol–water partition coefficient (Wildman–Crippen LogP) is 7.11. The van der Waals surface area contributed by atoms with Gasteiger partial charge >= 0.3 is 5.97 Å². The van der Waals surface area contributed by atoms with Gasteiger partial charge in [-0.25, -0.2) is 0 Å². The zero-order chi connectivity index (χ0) is 19.1. The topological polar surface area (TPSA) is 39.2 Å². The lowest BCUT2D eigenvalue weighted by Crippen LogP contribution is -2.00. The number of nitrogens with zero attached hydrogens (tertiary/aromatic N) is 1. The number of carbonyl (C=O) groups excluding carboxylic acids is 1. The van der Waals surface area contributed by atoms with Gasteiger partial charge in [0.1, 0.15) is 0 Å². The number of rotatable bonds is 15. The SMILES string of the molecule is CCCCCCCCCCCCCCCCOC(C)=O.c1ccncc1. The average Bonchev–Trinajstić information content (AvgIpc) is 2.66. The smallest absolute Gasteiger partial charge is 0.302 e. The van der Waals surface area contributed by atoms with Gasteiger partial charge in [-0.2, -0.15) is 0 Å². The summed E-state index contributed by atoms with van der Waals surface area (Å²) in [6.45, 7) is 4.35. The van der Waals surface area contributed by atoms with Crippen LogP contribution in [0.3, 0.4) is 0 Å². The normalized spacial score (nSPS) is 10.1. The Hall–Kier alpha value is -1.38. The second kappa shape index (κ2) is 21.7. The first-order valence-electron chi connectivity index (χ1n) is 10.8. The Bertz CT molecular complexity index is 354. The van der Waals surface area contributed by atoms with E-state index in [1.54, 1.807) is 12.4 Å². The molecule has 0 aromatic carbocycles. The molecule has 0 aliphatic carbocycles. The van der Waals surface area contributed by atoms with Crippen LogP contribution in [0.15, 0.2) is 30.6 Å². The van der Waals surface area contributed by atoms with Gasteiger partial charge in [0.15, 0.2) is 0 Å². The molecule has 3 nitrogen and oxygen atoms in total. The lowest BCUT2D eigenvalue weighted by Gasteiger charge is -2.03. The molecule has 1 aromatic heterocycles. The van der Waals surface area contributed by atoms with E-state index in [0.717, 1.165) is 6.42 Å². The number of aromatic nitrogens is 1. The third-order valence-electron chi connectivity index (χ3n) is 4.37. The van der Waals surface area contributed by atoms with E-state index in [9.17, 15) is 4.79 Å². The van der Waals surface area contributed by atoms with Gasteiger partial charge in [-0.05, 0) is 18.6 Å². The van der Waals surface area contributed by atoms with E-state index in [0.29, 0.717) is 6.61 Å². The molecule has 3 heteroatoms. The van der Waals surface area contributed by atoms with Crippen molar-refractivity contribution < 1.29 is 9.53 Å². The molecule has 26 heavy (non-hydrogen) atoms. The van der Waals surface area contributed by atoms with Crippen molar-refractivity contribution in [3.8, 4) is 0 Å². The van der Waals surface area contributed by atoms with Crippen LogP contribution in [-0.2, 0) is 9.53 Å². The fraction of sp³-hybridized carbons (Fsp3) is 0.739. The molecule has 0 saturated carbocycles. The van der Waals surface area contributed by atoms with Crippen molar-refractivity contribution in [3.05, 3.63) is 30.6 Å². The highest BCUT2D eigenvalue weighted by atomic mass is 16.5. The van der Waals surface area contributed by atoms with Crippen molar-refractivity contribution in [1.29, 1.82) is 0 Å². The van der Waals surface area contributed by atoms with Crippen LogP contribution in [0.25, 0.3) is 0 Å². The van der Waals surface area contributed by atoms with Crippen LogP contribution in [0.2, 0.25) is 0 Å². The molecule has 0 aliphatic heterocycles. The number of esters is 1. The Kier molecular flexibility index (Phi) is 20.5. The summed E-state index contributed by atoms with van der Waals surface area (Å²) in [5, 5.41) is 0. The molecule has 0 atom stereocenters. The average molecular weight is 364 g/mol. The molecule has 150 valence electrons. The Morgan fingerprint density at radius 2 is 1.12 bits per heavy atom. The van der Waals surface area contributed by atoms with Crippen LogP contribution < -0.4 is 0 Å². The van der Waals surface area contributed by atoms with E-state index < -0.39 is 0 Å². The molecular formula is C23H41NO2. The molecule has 1 heterocycles. The number of ether oxygens (including phenoxy) is 1. The summed E-state index contributed by atoms with van der Waals surface area (Å²) in [6, 6.07) is 5.72. The minimum absolute atomic E-state index is 0.153. The maximum absolute atomic E-state index is 10.6. The number of carbonyl (C=O) groups is 1. The molecule has 0 bridgehead atoms. The third kappa shape index (κ3) is 22.6. The van der Waals surface area contributed by atoms with Crippen LogP contribution >= 0.6 is 0 Å². The van der Waals surface area contributed by atoms with Crippen molar-refractivity contribution in [3.63, 3.8) is 0 Å². The summed E-state index contributed by atoms with van der Waals surface area (Å²) in [6.07, 6.45) is 22.5. The summed E-state index contributed by atoms with van der Waals surface area (Å²) in [7, 11) is 0. The fourth-order valence-corrected chi connectivity index (χ4v) is 2.83. The van der Waals surface area contributed by atoms with Gasteiger partial charge < -0.3 is 4.74 Å². The molecule has 1 aromatic rings. The van der Waals surface area contributed by atoms with Crippen LogP contribution in [-0.4, -0.2) is 17.6 Å². The molecular weight excluding hydrogens is 322 g/mol. The summed E-state index contributed by atoms with van der Waals surface area (Å²) in [4.78, 5) is 14.3. The Balaban J connectivity index is 0.000000867. The molecule has 0 fully saturated rings. The molecule has 1 rings (SSSR count). The fourth-order valence-electron chi connectivity index (χ4n) is 2.83. The summed E-state index contributed by atoms with van der Waals surface area (Å²) < 4.78 is 4.91. The zero-order valence-corrected chi connectivity index (χ0v) is 17.3. The Morgan fingerprint density at radius 1 is 0.692 bits per heavy atom. The molecule has 0 spiro atoms. The van der Waals surface area contributed by atoms with Crippen molar-refractivity contribution in [2.45, 2.75) is 104 Å². The van der Waals surface area contributed by atoms with Gasteiger partial charge in [0, 0.05) is 19.3 Å². The van der Waals surface area contributed by atoms with E-state index >= 15 is 0 Å². The van der Waals surface area contributed by atoms with E-state index in [1.807, 2.05) is 18.2 Å². The Morgan fingerprint density at radius 3 is 1.42 bits per heavy atom. The van der Waals surface area contributed by atoms with Gasteiger partial charge in [-0.1, -0.05) is 96.5 Å². The van der Waals surface area contributed by atoms with Gasteiger partial charge in [-0.15, -0.1) is 0 Å². The first-order chi connectivity index (χ1) is 12.8. The van der Waals surface area contributed by atoms with Gasteiger partial charge in [-0.3, -0.25) is 9.78 Å². The molecule has 0 aliphatic rings. The molecule has 0 amide bonds. The number of unbranched alkanes of at least 4 members (excludes halogenated alkanes) is 13. The van der Waals surface area contributed by atoms with Crippen molar-refractivity contribution in [2.75, 3.05) is 6.61 Å². The third-order valence-corrected chi connectivity index (χ3v) is 4.37. The first kappa shape index (κ1) is 24.6. The second-order valence-corrected chi connectivity index (χ2v) is 6.96. The van der Waals surface area contributed by atoms with E-state index in [4.69, 9.17) is 4.74 Å².